The second-order valence-electron chi connectivity index (χ2n) is 11.5. The summed E-state index contributed by atoms with van der Waals surface area (Å²) in [7, 11) is -2.05. The van der Waals surface area contributed by atoms with Crippen molar-refractivity contribution in [1.82, 2.24) is 0 Å². The van der Waals surface area contributed by atoms with Gasteiger partial charge in [0.15, 0.2) is 14.4 Å². The van der Waals surface area contributed by atoms with Crippen LogP contribution in [0.15, 0.2) is 24.3 Å². The van der Waals surface area contributed by atoms with Gasteiger partial charge in [0.2, 0.25) is 0 Å². The molecule has 0 saturated carbocycles. The van der Waals surface area contributed by atoms with Gasteiger partial charge < -0.3 is 19.0 Å². The van der Waals surface area contributed by atoms with E-state index in [9.17, 15) is 14.7 Å². The molecule has 0 aliphatic heterocycles. The number of aliphatic hydroxyl groups excluding tert-OH is 1. The molecule has 0 rings (SSSR count). The molecule has 4 atom stereocenters. The Morgan fingerprint density at radius 2 is 1.81 bits per heavy atom. The largest absolute Gasteiger partial charge is 0.459 e. The molecule has 0 aromatic heterocycles. The SMILES string of the molecule is C#CCCC[C@@H](O[Si](C)(C)C(C)(C)C)[C@@H](C)[C@@H](O)C/C=C(\C)C(=O)O[C@H](CC(C)C)C(=O)OCC=C. The highest BCUT2D eigenvalue weighted by Gasteiger charge is 2.40. The number of carbonyl (C=O) groups excluding carboxylic acids is 2. The van der Waals surface area contributed by atoms with Gasteiger partial charge in [-0.15, -0.1) is 12.3 Å². The van der Waals surface area contributed by atoms with E-state index in [0.717, 1.165) is 12.8 Å². The average Bonchev–Trinajstić information content (AvgIpc) is 2.77. The molecule has 0 amide bonds. The van der Waals surface area contributed by atoms with Crippen LogP contribution in [0.4, 0.5) is 0 Å². The maximum Gasteiger partial charge on any atom is 0.347 e. The number of carbonyl (C=O) groups is 2. The minimum absolute atomic E-state index is 0.0433. The van der Waals surface area contributed by atoms with Gasteiger partial charge in [-0.3, -0.25) is 0 Å². The van der Waals surface area contributed by atoms with Crippen molar-refractivity contribution in [3.05, 3.63) is 24.3 Å². The number of hydrogen-bond donors (Lipinski definition) is 1. The van der Waals surface area contributed by atoms with E-state index in [4.69, 9.17) is 20.3 Å². The van der Waals surface area contributed by atoms with Crippen LogP contribution in [0.5, 0.6) is 0 Å². The molecule has 0 radical (unpaired) electrons. The van der Waals surface area contributed by atoms with Crippen molar-refractivity contribution in [2.45, 2.75) is 117 Å². The number of terminal acetylenes is 1. The molecule has 0 fully saturated rings. The van der Waals surface area contributed by atoms with Gasteiger partial charge in [0.25, 0.3) is 0 Å². The lowest BCUT2D eigenvalue weighted by atomic mass is 9.92. The molecular weight excluding hydrogens is 472 g/mol. The van der Waals surface area contributed by atoms with Crippen molar-refractivity contribution in [2.24, 2.45) is 11.8 Å². The monoisotopic (exact) mass is 522 g/mol. The van der Waals surface area contributed by atoms with Crippen LogP contribution >= 0.6 is 0 Å². The first-order valence-corrected chi connectivity index (χ1v) is 15.9. The zero-order valence-electron chi connectivity index (χ0n) is 24.1. The predicted molar refractivity (Wildman–Crippen MR) is 149 cm³/mol. The minimum atomic E-state index is -2.05. The van der Waals surface area contributed by atoms with Gasteiger partial charge in [0.1, 0.15) is 6.61 Å². The Labute approximate surface area is 221 Å². The summed E-state index contributed by atoms with van der Waals surface area (Å²) in [5.74, 6) is 1.48. The van der Waals surface area contributed by atoms with Gasteiger partial charge >= 0.3 is 11.9 Å². The maximum atomic E-state index is 12.7. The molecule has 0 aliphatic carbocycles. The Bertz CT molecular complexity index is 772. The molecule has 0 heterocycles. The van der Waals surface area contributed by atoms with E-state index >= 15 is 0 Å². The molecule has 7 heteroatoms. The van der Waals surface area contributed by atoms with Gasteiger partial charge in [-0.1, -0.05) is 60.3 Å². The first-order valence-electron chi connectivity index (χ1n) is 13.0. The Hall–Kier alpha value is -1.88. The van der Waals surface area contributed by atoms with E-state index in [2.05, 4.69) is 46.4 Å². The lowest BCUT2D eigenvalue weighted by Gasteiger charge is -2.41. The number of esters is 2. The fourth-order valence-electron chi connectivity index (χ4n) is 3.31. The van der Waals surface area contributed by atoms with Crippen LogP contribution in [0.1, 0.15) is 80.6 Å². The number of rotatable bonds is 16. The van der Waals surface area contributed by atoms with Crippen molar-refractivity contribution < 1.29 is 28.6 Å². The minimum Gasteiger partial charge on any atom is -0.459 e. The molecule has 0 saturated heterocycles. The Morgan fingerprint density at radius 3 is 2.31 bits per heavy atom. The summed E-state index contributed by atoms with van der Waals surface area (Å²) < 4.78 is 17.2. The molecule has 0 aromatic rings. The number of hydrogen-bond acceptors (Lipinski definition) is 6. The third kappa shape index (κ3) is 12.4. The van der Waals surface area contributed by atoms with Crippen LogP contribution < -0.4 is 0 Å². The molecular formula is C29H50O6Si. The molecule has 36 heavy (non-hydrogen) atoms. The summed E-state index contributed by atoms with van der Waals surface area (Å²) >= 11 is 0. The average molecular weight is 523 g/mol. The topological polar surface area (TPSA) is 82.1 Å². The summed E-state index contributed by atoms with van der Waals surface area (Å²) in [5.41, 5.74) is 0.334. The Kier molecular flexibility index (Phi) is 15.2. The summed E-state index contributed by atoms with van der Waals surface area (Å²) in [6.07, 6.45) is 9.63. The van der Waals surface area contributed by atoms with Gasteiger partial charge in [0, 0.05) is 17.9 Å². The molecule has 206 valence electrons. The molecule has 6 nitrogen and oxygen atoms in total. The summed E-state index contributed by atoms with van der Waals surface area (Å²) in [4.78, 5) is 25.0. The molecule has 0 unspecified atom stereocenters. The van der Waals surface area contributed by atoms with Crippen LogP contribution in [0.3, 0.4) is 0 Å². The maximum absolute atomic E-state index is 12.7. The normalized spacial score (nSPS) is 16.0. The van der Waals surface area contributed by atoms with E-state index in [0.29, 0.717) is 18.4 Å². The van der Waals surface area contributed by atoms with Crippen LogP contribution in [-0.4, -0.2) is 50.3 Å². The summed E-state index contributed by atoms with van der Waals surface area (Å²) in [6.45, 7) is 22.0. The van der Waals surface area contributed by atoms with E-state index in [1.807, 2.05) is 20.8 Å². The van der Waals surface area contributed by atoms with Crippen molar-refractivity contribution in [3.63, 3.8) is 0 Å². The van der Waals surface area contributed by atoms with Crippen LogP contribution in [-0.2, 0) is 23.5 Å². The Morgan fingerprint density at radius 1 is 1.19 bits per heavy atom. The highest BCUT2D eigenvalue weighted by Crippen LogP contribution is 2.39. The van der Waals surface area contributed by atoms with Gasteiger partial charge in [-0.25, -0.2) is 9.59 Å². The molecule has 0 aliphatic rings. The highest BCUT2D eigenvalue weighted by molar-refractivity contribution is 6.74. The third-order valence-electron chi connectivity index (χ3n) is 6.78. The first-order chi connectivity index (χ1) is 16.6. The molecule has 0 spiro atoms. The Balaban J connectivity index is 5.37. The smallest absolute Gasteiger partial charge is 0.347 e. The van der Waals surface area contributed by atoms with E-state index < -0.39 is 32.5 Å². The quantitative estimate of drug-likeness (QED) is 0.0649. The second kappa shape index (κ2) is 16.1. The van der Waals surface area contributed by atoms with Gasteiger partial charge in [-0.05, 0) is 56.7 Å². The van der Waals surface area contributed by atoms with E-state index in [1.54, 1.807) is 13.0 Å². The van der Waals surface area contributed by atoms with Crippen LogP contribution in [0, 0.1) is 24.2 Å². The van der Waals surface area contributed by atoms with Gasteiger partial charge in [0.05, 0.1) is 12.2 Å². The number of ether oxygens (including phenoxy) is 2. The second-order valence-corrected chi connectivity index (χ2v) is 16.3. The highest BCUT2D eigenvalue weighted by atomic mass is 28.4. The lowest BCUT2D eigenvalue weighted by Crippen LogP contribution is -2.47. The van der Waals surface area contributed by atoms with E-state index in [1.165, 1.54) is 6.08 Å². The predicted octanol–water partition coefficient (Wildman–Crippen LogP) is 6.20. The fourth-order valence-corrected chi connectivity index (χ4v) is 4.75. The van der Waals surface area contributed by atoms with E-state index in [-0.39, 0.29) is 36.0 Å². The number of aliphatic hydroxyl groups is 1. The lowest BCUT2D eigenvalue weighted by molar-refractivity contribution is -0.165. The van der Waals surface area contributed by atoms with Crippen LogP contribution in [0.25, 0.3) is 0 Å². The van der Waals surface area contributed by atoms with Crippen molar-refractivity contribution in [3.8, 4) is 12.3 Å². The summed E-state index contributed by atoms with van der Waals surface area (Å²) in [5, 5.41) is 11.0. The van der Waals surface area contributed by atoms with Gasteiger partial charge in [-0.2, -0.15) is 0 Å². The molecule has 0 bridgehead atoms. The third-order valence-corrected chi connectivity index (χ3v) is 11.3. The van der Waals surface area contributed by atoms with Crippen molar-refractivity contribution in [2.75, 3.05) is 6.61 Å². The van der Waals surface area contributed by atoms with Crippen LogP contribution in [0.2, 0.25) is 18.1 Å². The zero-order chi connectivity index (χ0) is 28.1. The summed E-state index contributed by atoms with van der Waals surface area (Å²) in [6, 6.07) is 0. The van der Waals surface area contributed by atoms with Crippen molar-refractivity contribution >= 4 is 20.3 Å². The number of unbranched alkanes of at least 4 members (excludes halogenated alkanes) is 1. The van der Waals surface area contributed by atoms with Crippen molar-refractivity contribution in [1.29, 1.82) is 0 Å². The zero-order valence-corrected chi connectivity index (χ0v) is 25.1. The first kappa shape index (κ1) is 34.1. The fraction of sp³-hybridized carbons (Fsp3) is 0.724. The standard InChI is InChI=1S/C29H50O6Si/c1-12-14-15-16-25(35-36(10,11)29(7,8)9)23(6)24(30)18-17-22(5)27(31)34-26(20-21(3)4)28(32)33-19-13-2/h1,13,17,21,23-26,30H,2,14-16,18-20H2,3-11H3/b22-17+/t23-,24-,25+,26+/m0/s1. The molecule has 1 N–H and O–H groups in total. The molecule has 0 aromatic carbocycles.